The maximum atomic E-state index is 13.2. The van der Waals surface area contributed by atoms with Crippen LogP contribution in [0.25, 0.3) is 0 Å². The van der Waals surface area contributed by atoms with Crippen molar-refractivity contribution in [3.63, 3.8) is 0 Å². The first-order chi connectivity index (χ1) is 11.8. The van der Waals surface area contributed by atoms with Gasteiger partial charge in [-0.05, 0) is 37.1 Å². The summed E-state index contributed by atoms with van der Waals surface area (Å²) in [6, 6.07) is 9.07. The maximum absolute atomic E-state index is 13.2. The lowest BCUT2D eigenvalue weighted by Crippen LogP contribution is -2.18. The zero-order chi connectivity index (χ0) is 18.2. The fourth-order valence-corrected chi connectivity index (χ4v) is 4.18. The number of halogens is 2. The Labute approximate surface area is 148 Å². The van der Waals surface area contributed by atoms with Gasteiger partial charge in [0.2, 0.25) is 6.10 Å². The summed E-state index contributed by atoms with van der Waals surface area (Å²) in [5.41, 5.74) is 0.266. The summed E-state index contributed by atoms with van der Waals surface area (Å²) >= 11 is 5.66. The Morgan fingerprint density at radius 1 is 1.20 bits per heavy atom. The summed E-state index contributed by atoms with van der Waals surface area (Å²) in [5, 5.41) is 8.86. The molecule has 0 amide bonds. The first-order valence-electron chi connectivity index (χ1n) is 7.47. The minimum absolute atomic E-state index is 0.0912. The molecule has 25 heavy (non-hydrogen) atoms. The second kappa shape index (κ2) is 6.65. The van der Waals surface area contributed by atoms with Crippen molar-refractivity contribution in [2.24, 2.45) is 0 Å². The largest absolute Gasteiger partial charge is 0.478 e. The normalized spacial score (nSPS) is 15.6. The minimum atomic E-state index is -3.35. The summed E-state index contributed by atoms with van der Waals surface area (Å²) < 4.78 is 42.9. The van der Waals surface area contributed by atoms with Gasteiger partial charge in [0.05, 0.1) is 15.2 Å². The van der Waals surface area contributed by atoms with E-state index in [0.29, 0.717) is 12.8 Å². The van der Waals surface area contributed by atoms with Crippen LogP contribution in [0.2, 0.25) is 5.02 Å². The van der Waals surface area contributed by atoms with Gasteiger partial charge in [0.25, 0.3) is 0 Å². The molecule has 0 radical (unpaired) electrons. The molecule has 1 aliphatic rings. The van der Waals surface area contributed by atoms with E-state index in [1.807, 2.05) is 0 Å². The number of carboxylic acid groups (broad SMARTS) is 1. The molecule has 1 aliphatic carbocycles. The van der Waals surface area contributed by atoms with E-state index in [-0.39, 0.29) is 26.5 Å². The number of carboxylic acids is 1. The molecular formula is C17H14ClFO5S. The third-order valence-corrected chi connectivity index (χ3v) is 6.41. The van der Waals surface area contributed by atoms with E-state index in [4.69, 9.17) is 16.3 Å². The predicted molar refractivity (Wildman–Crippen MR) is 89.1 cm³/mol. The Kier molecular flexibility index (Phi) is 4.71. The Morgan fingerprint density at radius 3 is 2.36 bits per heavy atom. The van der Waals surface area contributed by atoms with Gasteiger partial charge >= 0.3 is 5.97 Å². The van der Waals surface area contributed by atoms with Crippen molar-refractivity contribution >= 4 is 27.4 Å². The highest BCUT2D eigenvalue weighted by Crippen LogP contribution is 2.34. The van der Waals surface area contributed by atoms with Crippen molar-refractivity contribution in [1.29, 1.82) is 0 Å². The summed E-state index contributed by atoms with van der Waals surface area (Å²) in [6.07, 6.45) is -0.0776. The lowest BCUT2D eigenvalue weighted by Gasteiger charge is -2.16. The molecule has 0 saturated heterocycles. The van der Waals surface area contributed by atoms with Gasteiger partial charge in [-0.3, -0.25) is 0 Å². The number of benzene rings is 2. The van der Waals surface area contributed by atoms with E-state index >= 15 is 0 Å². The van der Waals surface area contributed by atoms with Crippen LogP contribution >= 0.6 is 11.6 Å². The Bertz CT molecular complexity index is 907. The molecule has 0 bridgehead atoms. The molecule has 2 aromatic rings. The zero-order valence-electron chi connectivity index (χ0n) is 12.9. The fraction of sp³-hybridized carbons (Fsp3) is 0.235. The molecule has 1 unspecified atom stereocenters. The molecule has 2 aromatic carbocycles. The Hall–Kier alpha value is -2.12. The minimum Gasteiger partial charge on any atom is -0.478 e. The Morgan fingerprint density at radius 2 is 1.84 bits per heavy atom. The smallest absolute Gasteiger partial charge is 0.349 e. The number of ether oxygens (including phenoxy) is 1. The van der Waals surface area contributed by atoms with Gasteiger partial charge in [0.1, 0.15) is 11.6 Å². The molecule has 132 valence electrons. The number of hydrogen-bond acceptors (Lipinski definition) is 4. The van der Waals surface area contributed by atoms with Crippen molar-refractivity contribution in [2.45, 2.75) is 29.1 Å². The van der Waals surface area contributed by atoms with Crippen LogP contribution < -0.4 is 4.74 Å². The van der Waals surface area contributed by atoms with Gasteiger partial charge < -0.3 is 9.84 Å². The van der Waals surface area contributed by atoms with Crippen LogP contribution in [0.3, 0.4) is 0 Å². The van der Waals surface area contributed by atoms with E-state index in [1.165, 1.54) is 36.4 Å². The highest BCUT2D eigenvalue weighted by atomic mass is 35.5. The van der Waals surface area contributed by atoms with Gasteiger partial charge in [0.15, 0.2) is 9.84 Å². The number of hydrogen-bond donors (Lipinski definition) is 1. The van der Waals surface area contributed by atoms with Crippen LogP contribution in [0.5, 0.6) is 5.75 Å². The van der Waals surface area contributed by atoms with E-state index in [1.54, 1.807) is 0 Å². The molecule has 5 nitrogen and oxygen atoms in total. The molecule has 0 aliphatic heterocycles. The van der Waals surface area contributed by atoms with Crippen LogP contribution in [0.4, 0.5) is 4.39 Å². The lowest BCUT2D eigenvalue weighted by atomic mass is 10.1. The third-order valence-electron chi connectivity index (χ3n) is 3.84. The maximum Gasteiger partial charge on any atom is 0.349 e. The van der Waals surface area contributed by atoms with Crippen LogP contribution in [0, 0.1) is 5.82 Å². The highest BCUT2D eigenvalue weighted by molar-refractivity contribution is 7.92. The fourth-order valence-electron chi connectivity index (χ4n) is 2.35. The summed E-state index contributed by atoms with van der Waals surface area (Å²) in [4.78, 5) is 11.7. The molecule has 1 atom stereocenters. The second-order valence-corrected chi connectivity index (χ2v) is 8.36. The standard InChI is InChI=1S/C17H14ClFO5S/c18-14-9-11(3-8-15(14)19)24-16(17(20)21)10-1-4-12(5-2-10)25(22,23)13-6-7-13/h1-5,8-9,13,16H,6-7H2,(H,20,21). The van der Waals surface area contributed by atoms with Crippen LogP contribution in [0.15, 0.2) is 47.4 Å². The van der Waals surface area contributed by atoms with Crippen molar-refractivity contribution in [3.05, 3.63) is 58.9 Å². The number of sulfone groups is 1. The third kappa shape index (κ3) is 3.77. The van der Waals surface area contributed by atoms with Crippen molar-refractivity contribution in [2.75, 3.05) is 0 Å². The van der Waals surface area contributed by atoms with E-state index in [0.717, 1.165) is 6.07 Å². The van der Waals surface area contributed by atoms with Crippen LogP contribution in [0.1, 0.15) is 24.5 Å². The van der Waals surface area contributed by atoms with Crippen LogP contribution in [-0.4, -0.2) is 24.7 Å². The van der Waals surface area contributed by atoms with E-state index in [9.17, 15) is 22.7 Å². The number of aliphatic carboxylic acids is 1. The number of rotatable bonds is 6. The van der Waals surface area contributed by atoms with E-state index < -0.39 is 27.7 Å². The molecule has 0 aromatic heterocycles. The SMILES string of the molecule is O=C(O)C(Oc1ccc(F)c(Cl)c1)c1ccc(S(=O)(=O)C2CC2)cc1. The lowest BCUT2D eigenvalue weighted by molar-refractivity contribution is -0.145. The molecule has 1 fully saturated rings. The van der Waals surface area contributed by atoms with Gasteiger partial charge in [-0.15, -0.1) is 0 Å². The van der Waals surface area contributed by atoms with Gasteiger partial charge in [-0.1, -0.05) is 23.7 Å². The summed E-state index contributed by atoms with van der Waals surface area (Å²) in [7, 11) is -3.35. The molecular weight excluding hydrogens is 371 g/mol. The molecule has 8 heteroatoms. The Balaban J connectivity index is 1.85. The topological polar surface area (TPSA) is 80.7 Å². The van der Waals surface area contributed by atoms with Gasteiger partial charge in [-0.2, -0.15) is 0 Å². The zero-order valence-corrected chi connectivity index (χ0v) is 14.4. The monoisotopic (exact) mass is 384 g/mol. The average molecular weight is 385 g/mol. The second-order valence-electron chi connectivity index (χ2n) is 5.73. The summed E-state index contributed by atoms with van der Waals surface area (Å²) in [6.45, 7) is 0. The van der Waals surface area contributed by atoms with Crippen molar-refractivity contribution < 1.29 is 27.4 Å². The first kappa shape index (κ1) is 17.7. The molecule has 1 saturated carbocycles. The average Bonchev–Trinajstić information content (AvgIpc) is 3.41. The number of carbonyl (C=O) groups is 1. The first-order valence-corrected chi connectivity index (χ1v) is 9.40. The highest BCUT2D eigenvalue weighted by Gasteiger charge is 2.37. The molecule has 0 spiro atoms. The molecule has 1 N–H and O–H groups in total. The molecule has 0 heterocycles. The van der Waals surface area contributed by atoms with Gasteiger partial charge in [0, 0.05) is 11.6 Å². The predicted octanol–water partition coefficient (Wildman–Crippen LogP) is 3.62. The quantitative estimate of drug-likeness (QED) is 0.822. The van der Waals surface area contributed by atoms with E-state index in [2.05, 4.69) is 0 Å². The molecule has 3 rings (SSSR count). The van der Waals surface area contributed by atoms with Crippen molar-refractivity contribution in [3.8, 4) is 5.75 Å². The van der Waals surface area contributed by atoms with Gasteiger partial charge in [-0.25, -0.2) is 17.6 Å². The summed E-state index contributed by atoms with van der Waals surface area (Å²) in [5.74, 6) is -1.82. The van der Waals surface area contributed by atoms with Crippen LogP contribution in [-0.2, 0) is 14.6 Å². The van der Waals surface area contributed by atoms with Crippen molar-refractivity contribution in [1.82, 2.24) is 0 Å².